The Bertz CT molecular complexity index is 476. The average molecular weight is 352 g/mol. The third kappa shape index (κ3) is 8.51. The molecule has 0 aromatic heterocycles. The molecule has 1 aliphatic carbocycles. The summed E-state index contributed by atoms with van der Waals surface area (Å²) in [7, 11) is 0. The number of aliphatic carboxylic acids is 1. The molecule has 0 aromatic rings. The highest BCUT2D eigenvalue weighted by Crippen LogP contribution is 2.33. The van der Waals surface area contributed by atoms with Crippen LogP contribution in [0.5, 0.6) is 0 Å². The lowest BCUT2D eigenvalue weighted by atomic mass is 9.90. The topological polar surface area (TPSA) is 94.8 Å². The normalized spacial score (nSPS) is 24.0. The minimum atomic E-state index is -0.937. The van der Waals surface area contributed by atoms with E-state index in [0.29, 0.717) is 19.3 Å². The minimum Gasteiger partial charge on any atom is -0.481 e. The molecule has 142 valence electrons. The quantitative estimate of drug-likeness (QED) is 0.392. The van der Waals surface area contributed by atoms with Crippen LogP contribution in [0.4, 0.5) is 0 Å². The van der Waals surface area contributed by atoms with Gasteiger partial charge in [0.1, 0.15) is 12.2 Å². The van der Waals surface area contributed by atoms with Crippen LogP contribution in [-0.2, 0) is 9.59 Å². The number of ketones is 1. The summed E-state index contributed by atoms with van der Waals surface area (Å²) in [5.41, 5.74) is 0. The molecule has 1 unspecified atom stereocenters. The van der Waals surface area contributed by atoms with Gasteiger partial charge < -0.3 is 15.3 Å². The number of carbonyl (C=O) groups is 2. The summed E-state index contributed by atoms with van der Waals surface area (Å²) in [6, 6.07) is 0. The van der Waals surface area contributed by atoms with Crippen molar-refractivity contribution in [2.45, 2.75) is 89.8 Å². The van der Waals surface area contributed by atoms with Gasteiger partial charge in [-0.3, -0.25) is 9.59 Å². The number of aliphatic hydroxyl groups excluding tert-OH is 2. The highest BCUT2D eigenvalue weighted by atomic mass is 16.4. The van der Waals surface area contributed by atoms with Gasteiger partial charge in [-0.25, -0.2) is 0 Å². The first-order valence-electron chi connectivity index (χ1n) is 9.58. The standard InChI is InChI=1S/C20H32O5/c1-2-3-6-10-16(21)12-13-17-15(14-18(22)20(17)25)9-7-4-5-8-11-19(23)24/h15-18,21-22H,2-11,14H2,1H3,(H,23,24)/t15-,16-,17-,18?/m0/s1. The summed E-state index contributed by atoms with van der Waals surface area (Å²) in [4.78, 5) is 22.6. The Morgan fingerprint density at radius 2 is 1.92 bits per heavy atom. The van der Waals surface area contributed by atoms with Gasteiger partial charge in [-0.05, 0) is 38.0 Å². The summed E-state index contributed by atoms with van der Waals surface area (Å²) in [6.07, 6.45) is 6.87. The van der Waals surface area contributed by atoms with Gasteiger partial charge in [-0.1, -0.05) is 50.9 Å². The second-order valence-electron chi connectivity index (χ2n) is 7.04. The van der Waals surface area contributed by atoms with E-state index in [1.54, 1.807) is 0 Å². The summed E-state index contributed by atoms with van der Waals surface area (Å²) in [5.74, 6) is 4.29. The molecule has 4 atom stereocenters. The molecule has 1 saturated carbocycles. The van der Waals surface area contributed by atoms with Crippen molar-refractivity contribution < 1.29 is 24.9 Å². The Hall–Kier alpha value is -1.38. The van der Waals surface area contributed by atoms with Gasteiger partial charge in [0.05, 0.1) is 5.92 Å². The number of rotatable bonds is 11. The molecule has 0 saturated heterocycles. The minimum absolute atomic E-state index is 0.0392. The molecule has 0 bridgehead atoms. The van der Waals surface area contributed by atoms with E-state index in [0.717, 1.165) is 44.9 Å². The number of unbranched alkanes of at least 4 members (excludes halogenated alkanes) is 5. The Morgan fingerprint density at radius 1 is 1.20 bits per heavy atom. The van der Waals surface area contributed by atoms with Gasteiger partial charge in [0.25, 0.3) is 0 Å². The SMILES string of the molecule is CCCCC[C@H](O)C#C[C@@H]1C(=O)C(O)C[C@@H]1CCCCCCC(=O)O. The predicted molar refractivity (Wildman–Crippen MR) is 95.9 cm³/mol. The highest BCUT2D eigenvalue weighted by Gasteiger charge is 2.39. The molecule has 5 nitrogen and oxygen atoms in total. The molecule has 0 amide bonds. The van der Waals surface area contributed by atoms with Crippen molar-refractivity contribution in [1.82, 2.24) is 0 Å². The van der Waals surface area contributed by atoms with Crippen LogP contribution in [0.2, 0.25) is 0 Å². The molecule has 3 N–H and O–H groups in total. The zero-order valence-electron chi connectivity index (χ0n) is 15.2. The third-order valence-electron chi connectivity index (χ3n) is 4.83. The van der Waals surface area contributed by atoms with Gasteiger partial charge in [-0.15, -0.1) is 0 Å². The second kappa shape index (κ2) is 12.1. The van der Waals surface area contributed by atoms with Gasteiger partial charge >= 0.3 is 5.97 Å². The van der Waals surface area contributed by atoms with Crippen molar-refractivity contribution in [3.8, 4) is 11.8 Å². The van der Waals surface area contributed by atoms with Crippen LogP contribution in [0.25, 0.3) is 0 Å². The van der Waals surface area contributed by atoms with E-state index in [2.05, 4.69) is 18.8 Å². The first-order valence-corrected chi connectivity index (χ1v) is 9.58. The van der Waals surface area contributed by atoms with E-state index in [1.807, 2.05) is 0 Å². The zero-order chi connectivity index (χ0) is 18.7. The maximum atomic E-state index is 12.1. The molecule has 1 rings (SSSR count). The Kier molecular flexibility index (Phi) is 10.4. The van der Waals surface area contributed by atoms with Crippen LogP contribution in [0, 0.1) is 23.7 Å². The first kappa shape index (κ1) is 21.7. The number of carbonyl (C=O) groups excluding carboxylic acids is 1. The molecular weight excluding hydrogens is 320 g/mol. The predicted octanol–water partition coefficient (Wildman–Crippen LogP) is 2.92. The molecule has 5 heteroatoms. The van der Waals surface area contributed by atoms with Crippen LogP contribution in [0.1, 0.15) is 77.6 Å². The first-order chi connectivity index (χ1) is 12.0. The van der Waals surface area contributed by atoms with Crippen LogP contribution in [-0.4, -0.2) is 39.3 Å². The van der Waals surface area contributed by atoms with Crippen LogP contribution in [0.3, 0.4) is 0 Å². The summed E-state index contributed by atoms with van der Waals surface area (Å²) in [6.45, 7) is 2.10. The molecule has 0 aliphatic heterocycles. The van der Waals surface area contributed by atoms with Gasteiger partial charge in [0.15, 0.2) is 5.78 Å². The van der Waals surface area contributed by atoms with E-state index in [1.165, 1.54) is 0 Å². The van der Waals surface area contributed by atoms with Crippen molar-refractivity contribution in [1.29, 1.82) is 0 Å². The van der Waals surface area contributed by atoms with Crippen LogP contribution < -0.4 is 0 Å². The number of carboxylic acid groups (broad SMARTS) is 1. The highest BCUT2D eigenvalue weighted by molar-refractivity contribution is 5.90. The molecular formula is C20H32O5. The van der Waals surface area contributed by atoms with Gasteiger partial charge in [-0.2, -0.15) is 0 Å². The molecule has 0 heterocycles. The monoisotopic (exact) mass is 352 g/mol. The Labute approximate surface area is 150 Å². The number of hydrogen-bond donors (Lipinski definition) is 3. The average Bonchev–Trinajstić information content (AvgIpc) is 2.83. The number of aliphatic hydroxyl groups is 2. The van der Waals surface area contributed by atoms with Crippen molar-refractivity contribution >= 4 is 11.8 Å². The molecule has 1 aliphatic rings. The fraction of sp³-hybridized carbons (Fsp3) is 0.800. The van der Waals surface area contributed by atoms with E-state index >= 15 is 0 Å². The molecule has 0 spiro atoms. The maximum Gasteiger partial charge on any atom is 0.303 e. The largest absolute Gasteiger partial charge is 0.481 e. The smallest absolute Gasteiger partial charge is 0.303 e. The summed E-state index contributed by atoms with van der Waals surface area (Å²) < 4.78 is 0. The third-order valence-corrected chi connectivity index (χ3v) is 4.83. The fourth-order valence-corrected chi connectivity index (χ4v) is 3.33. The van der Waals surface area contributed by atoms with E-state index in [9.17, 15) is 19.8 Å². The van der Waals surface area contributed by atoms with Crippen molar-refractivity contribution in [3.63, 3.8) is 0 Å². The van der Waals surface area contributed by atoms with E-state index < -0.39 is 24.1 Å². The summed E-state index contributed by atoms with van der Waals surface area (Å²) in [5, 5.41) is 28.3. The molecule has 1 fully saturated rings. The lowest BCUT2D eigenvalue weighted by Crippen LogP contribution is -2.19. The Morgan fingerprint density at radius 3 is 2.60 bits per heavy atom. The fourth-order valence-electron chi connectivity index (χ4n) is 3.33. The van der Waals surface area contributed by atoms with E-state index in [4.69, 9.17) is 5.11 Å². The van der Waals surface area contributed by atoms with Crippen LogP contribution in [0.15, 0.2) is 0 Å². The number of hydrogen-bond acceptors (Lipinski definition) is 4. The number of carboxylic acids is 1. The maximum absolute atomic E-state index is 12.1. The molecule has 0 radical (unpaired) electrons. The van der Waals surface area contributed by atoms with Crippen molar-refractivity contribution in [3.05, 3.63) is 0 Å². The van der Waals surface area contributed by atoms with E-state index in [-0.39, 0.29) is 18.1 Å². The lowest BCUT2D eigenvalue weighted by Gasteiger charge is -2.13. The van der Waals surface area contributed by atoms with Crippen molar-refractivity contribution in [2.24, 2.45) is 11.8 Å². The summed E-state index contributed by atoms with van der Waals surface area (Å²) >= 11 is 0. The second-order valence-corrected chi connectivity index (χ2v) is 7.04. The van der Waals surface area contributed by atoms with Gasteiger partial charge in [0, 0.05) is 6.42 Å². The molecule has 25 heavy (non-hydrogen) atoms. The lowest BCUT2D eigenvalue weighted by molar-refractivity contribution is -0.137. The molecule has 0 aromatic carbocycles. The Balaban J connectivity index is 2.41. The number of Topliss-reactive ketones (excluding diaryl/α,β-unsaturated/α-hetero) is 1. The van der Waals surface area contributed by atoms with Gasteiger partial charge in [0.2, 0.25) is 0 Å². The van der Waals surface area contributed by atoms with Crippen LogP contribution >= 0.6 is 0 Å². The zero-order valence-corrected chi connectivity index (χ0v) is 15.2. The van der Waals surface area contributed by atoms with Crippen molar-refractivity contribution in [2.75, 3.05) is 0 Å².